The second-order valence-electron chi connectivity index (χ2n) is 7.08. The summed E-state index contributed by atoms with van der Waals surface area (Å²) in [5, 5.41) is 12.8. The molecule has 1 fully saturated rings. The molecule has 1 aromatic heterocycles. The number of benzene rings is 2. The Labute approximate surface area is 201 Å². The number of carbonyl (C=O) groups excluding carboxylic acids is 1. The number of aromatic carboxylic acids is 1. The van der Waals surface area contributed by atoms with E-state index in [2.05, 4.69) is 26.2 Å². The number of amidine groups is 1. The van der Waals surface area contributed by atoms with Crippen molar-refractivity contribution in [3.05, 3.63) is 79.3 Å². The van der Waals surface area contributed by atoms with E-state index >= 15 is 0 Å². The molecular formula is C23H16BrClN2O4S. The Hall–Kier alpha value is -2.81. The fourth-order valence-corrected chi connectivity index (χ4v) is 4.40. The Morgan fingerprint density at radius 2 is 1.91 bits per heavy atom. The zero-order valence-corrected chi connectivity index (χ0v) is 20.1. The maximum absolute atomic E-state index is 12.4. The van der Waals surface area contributed by atoms with Crippen LogP contribution in [-0.2, 0) is 4.79 Å². The number of carboxylic acid groups (broad SMARTS) is 1. The molecule has 0 unspecified atom stereocenters. The van der Waals surface area contributed by atoms with Crippen LogP contribution in [0.5, 0.6) is 0 Å². The van der Waals surface area contributed by atoms with Crippen LogP contribution >= 0.6 is 39.3 Å². The molecule has 1 aliphatic heterocycles. The van der Waals surface area contributed by atoms with Gasteiger partial charge in [0.15, 0.2) is 5.17 Å². The average molecular weight is 532 g/mol. The first-order valence-electron chi connectivity index (χ1n) is 9.40. The van der Waals surface area contributed by atoms with Crippen LogP contribution < -0.4 is 5.32 Å². The third-order valence-corrected chi connectivity index (χ3v) is 7.17. The molecule has 32 heavy (non-hydrogen) atoms. The summed E-state index contributed by atoms with van der Waals surface area (Å²) in [5.41, 5.74) is 3.43. The zero-order valence-electron chi connectivity index (χ0n) is 16.9. The Kier molecular flexibility index (Phi) is 6.28. The van der Waals surface area contributed by atoms with Gasteiger partial charge in [-0.2, -0.15) is 0 Å². The fourth-order valence-electron chi connectivity index (χ4n) is 3.14. The first-order valence-corrected chi connectivity index (χ1v) is 11.4. The quantitative estimate of drug-likeness (QED) is 0.372. The monoisotopic (exact) mass is 530 g/mol. The first-order chi connectivity index (χ1) is 15.2. The predicted molar refractivity (Wildman–Crippen MR) is 131 cm³/mol. The van der Waals surface area contributed by atoms with Crippen LogP contribution in [-0.4, -0.2) is 22.2 Å². The SMILES string of the molecule is Cc1cc(N=C2NC(=O)/C(=C/c3ccc(-c4cc(C(=O)O)ccc4Cl)o3)S2)cc(C)c1Br. The van der Waals surface area contributed by atoms with Crippen molar-refractivity contribution in [1.29, 1.82) is 0 Å². The van der Waals surface area contributed by atoms with Gasteiger partial charge in [0.1, 0.15) is 11.5 Å². The Balaban J connectivity index is 1.58. The molecule has 2 heterocycles. The van der Waals surface area contributed by atoms with Crippen LogP contribution in [0.25, 0.3) is 17.4 Å². The lowest BCUT2D eigenvalue weighted by Crippen LogP contribution is -2.19. The maximum atomic E-state index is 12.4. The van der Waals surface area contributed by atoms with Crippen molar-refractivity contribution in [2.75, 3.05) is 0 Å². The van der Waals surface area contributed by atoms with Crippen LogP contribution in [0, 0.1) is 13.8 Å². The number of aryl methyl sites for hydroxylation is 2. The van der Waals surface area contributed by atoms with Crippen molar-refractivity contribution in [1.82, 2.24) is 5.32 Å². The highest BCUT2D eigenvalue weighted by Gasteiger charge is 2.24. The van der Waals surface area contributed by atoms with E-state index in [1.807, 2.05) is 26.0 Å². The van der Waals surface area contributed by atoms with Crippen molar-refractivity contribution >= 4 is 68.1 Å². The predicted octanol–water partition coefficient (Wildman–Crippen LogP) is 6.57. The molecule has 0 aliphatic carbocycles. The Bertz CT molecular complexity index is 1310. The van der Waals surface area contributed by atoms with Gasteiger partial charge in [0, 0.05) is 16.1 Å². The molecular weight excluding hydrogens is 516 g/mol. The summed E-state index contributed by atoms with van der Waals surface area (Å²) in [6.45, 7) is 3.97. The van der Waals surface area contributed by atoms with Crippen LogP contribution in [0.3, 0.4) is 0 Å². The maximum Gasteiger partial charge on any atom is 0.335 e. The number of aliphatic imine (C=N–C) groups is 1. The van der Waals surface area contributed by atoms with E-state index in [9.17, 15) is 14.7 Å². The topological polar surface area (TPSA) is 91.9 Å². The molecule has 9 heteroatoms. The minimum Gasteiger partial charge on any atom is -0.478 e. The summed E-state index contributed by atoms with van der Waals surface area (Å²) >= 11 is 11.0. The number of nitrogens with zero attached hydrogens (tertiary/aromatic N) is 1. The molecule has 0 atom stereocenters. The molecule has 6 nitrogen and oxygen atoms in total. The van der Waals surface area contributed by atoms with Crippen molar-refractivity contribution < 1.29 is 19.1 Å². The lowest BCUT2D eigenvalue weighted by atomic mass is 10.1. The van der Waals surface area contributed by atoms with Crippen LogP contribution in [0.4, 0.5) is 5.69 Å². The van der Waals surface area contributed by atoms with Gasteiger partial charge in [0.2, 0.25) is 0 Å². The molecule has 162 valence electrons. The van der Waals surface area contributed by atoms with E-state index in [1.165, 1.54) is 30.0 Å². The number of hydrogen-bond donors (Lipinski definition) is 2. The number of carbonyl (C=O) groups is 2. The number of furan rings is 1. The summed E-state index contributed by atoms with van der Waals surface area (Å²) < 4.78 is 6.84. The second-order valence-corrected chi connectivity index (χ2v) is 9.31. The third-order valence-electron chi connectivity index (χ3n) is 4.68. The molecule has 1 amide bonds. The molecule has 0 spiro atoms. The summed E-state index contributed by atoms with van der Waals surface area (Å²) in [4.78, 5) is 28.6. The van der Waals surface area contributed by atoms with Crippen molar-refractivity contribution in [2.24, 2.45) is 4.99 Å². The van der Waals surface area contributed by atoms with E-state index in [-0.39, 0.29) is 11.5 Å². The molecule has 1 aliphatic rings. The number of thioether (sulfide) groups is 1. The Morgan fingerprint density at radius 3 is 2.59 bits per heavy atom. The molecule has 0 bridgehead atoms. The average Bonchev–Trinajstić information content (AvgIpc) is 3.33. The molecule has 2 aromatic carbocycles. The summed E-state index contributed by atoms with van der Waals surface area (Å²) in [6, 6.07) is 11.6. The van der Waals surface area contributed by atoms with Gasteiger partial charge in [-0.05, 0) is 79.2 Å². The van der Waals surface area contributed by atoms with Gasteiger partial charge in [-0.25, -0.2) is 9.79 Å². The lowest BCUT2D eigenvalue weighted by Gasteiger charge is -2.04. The number of hydrogen-bond acceptors (Lipinski definition) is 5. The van der Waals surface area contributed by atoms with Crippen LogP contribution in [0.2, 0.25) is 5.02 Å². The van der Waals surface area contributed by atoms with Gasteiger partial charge in [-0.1, -0.05) is 27.5 Å². The van der Waals surface area contributed by atoms with Gasteiger partial charge < -0.3 is 14.8 Å². The fraction of sp³-hybridized carbons (Fsp3) is 0.0870. The van der Waals surface area contributed by atoms with Gasteiger partial charge >= 0.3 is 5.97 Å². The molecule has 2 N–H and O–H groups in total. The van der Waals surface area contributed by atoms with Gasteiger partial charge in [-0.3, -0.25) is 4.79 Å². The molecule has 0 saturated carbocycles. The minimum absolute atomic E-state index is 0.102. The van der Waals surface area contributed by atoms with E-state index in [1.54, 1.807) is 18.2 Å². The van der Waals surface area contributed by atoms with E-state index < -0.39 is 5.97 Å². The molecule has 1 saturated heterocycles. The smallest absolute Gasteiger partial charge is 0.335 e. The summed E-state index contributed by atoms with van der Waals surface area (Å²) in [5.74, 6) is -0.490. The van der Waals surface area contributed by atoms with Gasteiger partial charge in [-0.15, -0.1) is 0 Å². The first kappa shape index (κ1) is 22.4. The number of amides is 1. The van der Waals surface area contributed by atoms with Gasteiger partial charge in [0.05, 0.1) is 21.2 Å². The zero-order chi connectivity index (χ0) is 23.0. The van der Waals surface area contributed by atoms with Crippen molar-refractivity contribution in [2.45, 2.75) is 13.8 Å². The van der Waals surface area contributed by atoms with E-state index in [4.69, 9.17) is 16.0 Å². The van der Waals surface area contributed by atoms with Crippen LogP contribution in [0.15, 0.2) is 61.3 Å². The molecule has 4 rings (SSSR count). The summed E-state index contributed by atoms with van der Waals surface area (Å²) in [6.07, 6.45) is 1.61. The molecule has 0 radical (unpaired) electrons. The number of carboxylic acids is 1. The highest BCUT2D eigenvalue weighted by Crippen LogP contribution is 2.34. The standard InChI is InChI=1S/C23H16BrClN2O4S/c1-11-7-14(8-12(2)20(11)24)26-23-27-21(28)19(32-23)10-15-4-6-18(31-15)16-9-13(22(29)30)3-5-17(16)25/h3-10H,1-2H3,(H,29,30)(H,26,27,28)/b19-10-. The highest BCUT2D eigenvalue weighted by molar-refractivity contribution is 9.10. The number of rotatable bonds is 4. The second kappa shape index (κ2) is 8.97. The third kappa shape index (κ3) is 4.67. The Morgan fingerprint density at radius 1 is 1.19 bits per heavy atom. The highest BCUT2D eigenvalue weighted by atomic mass is 79.9. The number of nitrogens with one attached hydrogen (secondary N) is 1. The minimum atomic E-state index is -1.06. The number of halogens is 2. The summed E-state index contributed by atoms with van der Waals surface area (Å²) in [7, 11) is 0. The van der Waals surface area contributed by atoms with Crippen LogP contribution in [0.1, 0.15) is 27.2 Å². The largest absolute Gasteiger partial charge is 0.478 e. The van der Waals surface area contributed by atoms with Crippen molar-refractivity contribution in [3.63, 3.8) is 0 Å². The lowest BCUT2D eigenvalue weighted by molar-refractivity contribution is -0.115. The van der Waals surface area contributed by atoms with E-state index in [0.717, 1.165) is 21.3 Å². The van der Waals surface area contributed by atoms with Gasteiger partial charge in [0.25, 0.3) is 5.91 Å². The van der Waals surface area contributed by atoms with E-state index in [0.29, 0.717) is 32.2 Å². The normalized spacial score (nSPS) is 16.1. The molecule has 3 aromatic rings. The van der Waals surface area contributed by atoms with Crippen molar-refractivity contribution in [3.8, 4) is 11.3 Å².